The number of hydrogen-bond acceptors (Lipinski definition) is 29. The van der Waals surface area contributed by atoms with Gasteiger partial charge in [0.2, 0.25) is 0 Å². The van der Waals surface area contributed by atoms with Crippen LogP contribution in [0.5, 0.6) is 69.0 Å². The van der Waals surface area contributed by atoms with E-state index in [4.69, 9.17) is 28.4 Å². The van der Waals surface area contributed by atoms with Crippen molar-refractivity contribution in [3.63, 3.8) is 0 Å². The summed E-state index contributed by atoms with van der Waals surface area (Å²) in [5.41, 5.74) is -0.290. The molecular formula is C102H113Cl3N6O26. The summed E-state index contributed by atoms with van der Waals surface area (Å²) in [6, 6.07) is 20.7. The predicted octanol–water partition coefficient (Wildman–Crippen LogP) is -11.3. The summed E-state index contributed by atoms with van der Waals surface area (Å²) in [4.78, 5) is 85.3. The molecule has 17 N–H and O–H groups in total. The fraction of sp³-hybridized carbons (Fsp3) is 0.549. The standard InChI is InChI=1S/2C17H19NO5.2C17H19NO4.2C17H17NO4.3ClH/c2*1-18-5-4-16-13-8-2-3-9(19)14(13)23-15(16)10(20)7-12(21)17(16,22)11(18)6-8;4*1-18-7-6-16-13-9-2-3-10(19)14(13)22-15(16)11(20)4-5-17(16,21)12(18)8-9;;;/h2*2-3,11-12,15,19,21-22H,4-7H2,1H3;2*2-3,12,15,19,21H,4-8H2,1H3;2*2-5,12,15,19,21H,6-8H2,1H3;3*1H/t2*11-,12?,15+,16+,17+;4*12-,15+,16+,17-;;;/m111111.../s1. The molecule has 0 aromatic heterocycles. The van der Waals surface area contributed by atoms with Crippen molar-refractivity contribution < 1.29 is 181 Å². The number of nitrogens with one attached hydrogen (secondary N) is 3. The number of quaternary nitrogens is 3. The van der Waals surface area contributed by atoms with E-state index >= 15 is 0 Å². The van der Waals surface area contributed by atoms with Crippen LogP contribution >= 0.6 is 0 Å². The van der Waals surface area contributed by atoms with Gasteiger partial charge < -0.3 is 162 Å². The average molecular weight is 1950 g/mol. The molecule has 24 aliphatic rings. The summed E-state index contributed by atoms with van der Waals surface area (Å²) in [6.45, 7) is 4.91. The molecule has 12 heterocycles. The number of aliphatic hydroxyl groups excluding tert-OH is 2. The number of benzene rings is 6. The number of carbonyl (C=O) groups excluding carboxylic acids is 6. The second-order valence-corrected chi connectivity index (χ2v) is 43.6. The fourth-order valence-electron chi connectivity index (χ4n) is 32.9. The Morgan fingerprint density at radius 1 is 0.314 bits per heavy atom. The maximum atomic E-state index is 12.6. The Kier molecular flexibility index (Phi) is 20.3. The molecule has 12 aliphatic heterocycles. The summed E-state index contributed by atoms with van der Waals surface area (Å²) in [5.74, 6) is 2.04. The van der Waals surface area contributed by atoms with E-state index in [1.165, 1.54) is 22.0 Å². The third-order valence-electron chi connectivity index (χ3n) is 38.9. The number of aliphatic hydroxyl groups is 8. The molecule has 0 amide bonds. The van der Waals surface area contributed by atoms with Crippen molar-refractivity contribution >= 4 is 34.7 Å². The van der Waals surface area contributed by atoms with Crippen molar-refractivity contribution in [2.75, 3.05) is 81.6 Å². The summed E-state index contributed by atoms with van der Waals surface area (Å²) in [5, 5.41) is 152. The first-order chi connectivity index (χ1) is 63.8. The van der Waals surface area contributed by atoms with Gasteiger partial charge in [-0.25, -0.2) is 0 Å². The first kappa shape index (κ1) is 92.7. The number of ether oxygens (including phenoxy) is 6. The van der Waals surface area contributed by atoms with E-state index in [2.05, 4.69) is 28.8 Å². The van der Waals surface area contributed by atoms with E-state index in [1.54, 1.807) is 48.6 Å². The number of carbonyl (C=O) groups is 6. The lowest BCUT2D eigenvalue weighted by Crippen LogP contribution is -3.19. The van der Waals surface area contributed by atoms with Crippen LogP contribution in [0.3, 0.4) is 0 Å². The summed E-state index contributed by atoms with van der Waals surface area (Å²) in [6.07, 6.45) is 9.04. The third kappa shape index (κ3) is 10.6. The summed E-state index contributed by atoms with van der Waals surface area (Å²) >= 11 is 0. The Labute approximate surface area is 806 Å². The lowest BCUT2D eigenvalue weighted by atomic mass is 9.48. The Morgan fingerprint density at radius 3 is 1.08 bits per heavy atom. The SMILES string of the molecule is CN1CC[C@]23c4c5ccc(O)c4O[C@H]2C(=O)C=C[C@@]3(O)[C@H]1C5.CN1CC[C@]23c4c5ccc(O)c4O[C@H]2C(=O)CC(O)[C@@]3(O)[C@H]1C5.CN1CC[C@]23c4c5ccc(O)c4O[C@H]2C(=O)CC[C@@]3(O)[C@H]1C5.C[NH+]1CC[C@]23c4c5ccc(O)c4O[C@H]2C(=O)C=C[C@@]3(O)[C@H]1C5.C[NH+]1CC[C@]23c4c5ccc(O)c4O[C@H]2C(=O)CC(O)[C@@]3(O)[C@H]1C5.C[NH+]1CC[C@]23c4c5ccc(O)c4O[C@H]2C(=O)CC[C@@]3(O)[C@H]1C5.[Cl-].[Cl-].[Cl-]. The highest BCUT2D eigenvalue weighted by Crippen LogP contribution is 2.71. The van der Waals surface area contributed by atoms with Crippen LogP contribution < -0.4 is 80.3 Å². The number of hydrogen-bond donors (Lipinski definition) is 17. The zero-order chi connectivity index (χ0) is 93.4. The van der Waals surface area contributed by atoms with Gasteiger partial charge in [-0.3, -0.25) is 33.7 Å². The third-order valence-corrected chi connectivity index (χ3v) is 38.9. The van der Waals surface area contributed by atoms with Gasteiger partial charge in [0.25, 0.3) is 0 Å². The molecule has 6 saturated heterocycles. The lowest BCUT2D eigenvalue weighted by molar-refractivity contribution is -0.924. The van der Waals surface area contributed by atoms with Crippen LogP contribution in [0.2, 0.25) is 0 Å². The van der Waals surface area contributed by atoms with E-state index in [-0.39, 0.29) is 156 Å². The molecule has 12 aliphatic carbocycles. The molecule has 137 heavy (non-hydrogen) atoms. The molecule has 12 bridgehead atoms. The van der Waals surface area contributed by atoms with Gasteiger partial charge in [0, 0.05) is 116 Å². The number of halogens is 3. The Morgan fingerprint density at radius 2 is 0.613 bits per heavy atom. The number of likely N-dealkylation sites (N-methyl/N-ethyl adjacent to an activating group) is 6. The van der Waals surface area contributed by atoms with E-state index in [1.807, 2.05) is 64.6 Å². The van der Waals surface area contributed by atoms with Crippen molar-refractivity contribution in [1.29, 1.82) is 0 Å². The van der Waals surface area contributed by atoms with E-state index < -0.39 is 115 Å². The van der Waals surface area contributed by atoms with Crippen LogP contribution in [0, 0.1) is 0 Å². The number of ketones is 6. The summed E-state index contributed by atoms with van der Waals surface area (Å²) in [7, 11) is 12.2. The zero-order valence-electron chi connectivity index (χ0n) is 76.4. The van der Waals surface area contributed by atoms with Crippen molar-refractivity contribution in [3.8, 4) is 69.0 Å². The van der Waals surface area contributed by atoms with Gasteiger partial charge in [-0.05, 0) is 186 Å². The van der Waals surface area contributed by atoms with Crippen molar-refractivity contribution in [1.82, 2.24) is 14.7 Å². The Hall–Kier alpha value is -9.27. The molecule has 6 aromatic rings. The Bertz CT molecular complexity index is 6000. The molecule has 35 heteroatoms. The van der Waals surface area contributed by atoms with E-state index in [9.17, 15) is 100 Å². The molecule has 30 rings (SSSR count). The molecule has 4 saturated carbocycles. The minimum Gasteiger partial charge on any atom is -1.00 e. The number of phenols is 6. The number of Topliss-reactive ketones (excluding diaryl/α,β-unsaturated/α-hetero) is 4. The molecule has 6 aromatic carbocycles. The van der Waals surface area contributed by atoms with Crippen LogP contribution in [0.1, 0.15) is 144 Å². The number of aromatic hydroxyl groups is 6. The minimum atomic E-state index is -1.44. The molecule has 29 atom stereocenters. The van der Waals surface area contributed by atoms with Gasteiger partial charge >= 0.3 is 0 Å². The largest absolute Gasteiger partial charge is 1.00 e. The number of likely N-dealkylation sites (tertiary alicyclic amines) is 6. The first-order valence-corrected chi connectivity index (χ1v) is 47.7. The molecular weight excluding hydrogens is 1830 g/mol. The van der Waals surface area contributed by atoms with Gasteiger partial charge in [0.05, 0.1) is 91.1 Å². The van der Waals surface area contributed by atoms with Crippen LogP contribution in [-0.2, 0) is 99.8 Å². The van der Waals surface area contributed by atoms with E-state index in [0.29, 0.717) is 118 Å². The molecule has 10 fully saturated rings. The van der Waals surface area contributed by atoms with Gasteiger partial charge in [-0.2, -0.15) is 0 Å². The second-order valence-electron chi connectivity index (χ2n) is 43.6. The number of phenolic OH excluding ortho intramolecular Hbond substituents is 6. The van der Waals surface area contributed by atoms with E-state index in [0.717, 1.165) is 130 Å². The highest BCUT2D eigenvalue weighted by molar-refractivity contribution is 6.01. The van der Waals surface area contributed by atoms with Crippen molar-refractivity contribution in [2.24, 2.45) is 0 Å². The predicted molar refractivity (Wildman–Crippen MR) is 469 cm³/mol. The monoisotopic (exact) mass is 1940 g/mol. The number of rotatable bonds is 0. The number of nitrogens with zero attached hydrogens (tertiary/aromatic N) is 3. The molecule has 0 radical (unpaired) electrons. The van der Waals surface area contributed by atoms with Gasteiger partial charge in [0.1, 0.15) is 40.5 Å². The molecule has 5 unspecified atom stereocenters. The van der Waals surface area contributed by atoms with Crippen molar-refractivity contribution in [2.45, 2.75) is 267 Å². The second kappa shape index (κ2) is 29.9. The highest BCUT2D eigenvalue weighted by atomic mass is 35.5. The average Bonchev–Trinajstić information content (AvgIpc) is 1.54. The maximum Gasteiger partial charge on any atom is 0.197 e. The van der Waals surface area contributed by atoms with Crippen molar-refractivity contribution in [3.05, 3.63) is 164 Å². The van der Waals surface area contributed by atoms with Crippen LogP contribution in [0.4, 0.5) is 0 Å². The fourth-order valence-corrected chi connectivity index (χ4v) is 32.9. The lowest BCUT2D eigenvalue weighted by Gasteiger charge is -2.63. The Balaban J connectivity index is 0.0000000947. The number of piperidine rings is 6. The molecule has 728 valence electrons. The van der Waals surface area contributed by atoms with Gasteiger partial charge in [-0.1, -0.05) is 36.4 Å². The smallest absolute Gasteiger partial charge is 0.197 e. The van der Waals surface area contributed by atoms with Crippen LogP contribution in [-0.4, -0.2) is 321 Å². The zero-order valence-corrected chi connectivity index (χ0v) is 78.7. The quantitative estimate of drug-likeness (QED) is 0.0671. The molecule has 32 nitrogen and oxygen atoms in total. The highest BCUT2D eigenvalue weighted by Gasteiger charge is 2.82. The topological polar surface area (TPSA) is 464 Å². The summed E-state index contributed by atoms with van der Waals surface area (Å²) < 4.78 is 35.5. The first-order valence-electron chi connectivity index (χ1n) is 47.7. The maximum absolute atomic E-state index is 12.6. The van der Waals surface area contributed by atoms with Crippen LogP contribution in [0.15, 0.2) is 97.1 Å². The van der Waals surface area contributed by atoms with Gasteiger partial charge in [0.15, 0.2) is 146 Å². The van der Waals surface area contributed by atoms with Crippen LogP contribution in [0.25, 0.3) is 0 Å². The molecule has 6 spiro atoms. The normalized spacial score (nSPS) is 42.7. The van der Waals surface area contributed by atoms with Gasteiger partial charge in [-0.15, -0.1) is 0 Å². The minimum absolute atomic E-state index is 0.